The molecule has 0 saturated carbocycles. The fourth-order valence-electron chi connectivity index (χ4n) is 2.25. The Morgan fingerprint density at radius 2 is 2.00 bits per heavy atom. The minimum absolute atomic E-state index is 0.0450. The zero-order valence-corrected chi connectivity index (χ0v) is 12.5. The molecule has 112 valence electrons. The summed E-state index contributed by atoms with van der Waals surface area (Å²) in [6.07, 6.45) is 1.24. The molecule has 0 saturated heterocycles. The summed E-state index contributed by atoms with van der Waals surface area (Å²) in [5, 5.41) is 0.156. The first-order valence-electron chi connectivity index (χ1n) is 6.66. The molecule has 21 heavy (non-hydrogen) atoms. The molecular weight excluding hydrogens is 291 g/mol. The fraction of sp³-hybridized carbons (Fsp3) is 0.250. The number of nitrogens with one attached hydrogen (secondary N) is 1. The van der Waals surface area contributed by atoms with Crippen LogP contribution in [-0.4, -0.2) is 13.2 Å². The van der Waals surface area contributed by atoms with Crippen LogP contribution in [-0.2, 0) is 12.8 Å². The molecule has 0 amide bonds. The molecule has 1 atom stereocenters. The highest BCUT2D eigenvalue weighted by atomic mass is 35.5. The lowest BCUT2D eigenvalue weighted by Gasteiger charge is -2.17. The van der Waals surface area contributed by atoms with Gasteiger partial charge in [0.05, 0.1) is 12.1 Å². The number of benzene rings is 2. The number of halogens is 2. The predicted molar refractivity (Wildman–Crippen MR) is 82.9 cm³/mol. The highest BCUT2D eigenvalue weighted by Gasteiger charge is 2.13. The third-order valence-electron chi connectivity index (χ3n) is 3.35. The summed E-state index contributed by atoms with van der Waals surface area (Å²) < 4.78 is 18.7. The van der Waals surface area contributed by atoms with Crippen LogP contribution in [0.1, 0.15) is 11.1 Å². The lowest BCUT2D eigenvalue weighted by atomic mass is 9.99. The standard InChI is InChI=1S/C16H18ClFN2O/c1-21-14-6-2-4-11(9-14)8-13(20-19)10-12-5-3-7-15(18)16(12)17/h2-7,9,13,20H,8,10,19H2,1H3. The molecule has 0 aliphatic carbocycles. The van der Waals surface area contributed by atoms with Gasteiger partial charge in [-0.1, -0.05) is 35.9 Å². The number of nitrogens with two attached hydrogens (primary N) is 1. The maximum absolute atomic E-state index is 13.5. The van der Waals surface area contributed by atoms with Gasteiger partial charge >= 0.3 is 0 Å². The zero-order chi connectivity index (χ0) is 15.2. The quantitative estimate of drug-likeness (QED) is 0.637. The van der Waals surface area contributed by atoms with Crippen molar-refractivity contribution in [1.29, 1.82) is 0 Å². The first kappa shape index (κ1) is 15.8. The second-order valence-corrected chi connectivity index (χ2v) is 5.21. The van der Waals surface area contributed by atoms with Gasteiger partial charge in [0.25, 0.3) is 0 Å². The maximum atomic E-state index is 13.5. The van der Waals surface area contributed by atoms with Crippen LogP contribution in [0.15, 0.2) is 42.5 Å². The van der Waals surface area contributed by atoms with E-state index in [4.69, 9.17) is 22.2 Å². The number of ether oxygens (including phenoxy) is 1. The molecule has 0 spiro atoms. The molecule has 0 aliphatic heterocycles. The summed E-state index contributed by atoms with van der Waals surface area (Å²) >= 11 is 5.98. The third kappa shape index (κ3) is 4.17. The molecule has 0 aliphatic rings. The van der Waals surface area contributed by atoms with Crippen LogP contribution in [0.3, 0.4) is 0 Å². The van der Waals surface area contributed by atoms with Gasteiger partial charge in [0.2, 0.25) is 0 Å². The van der Waals surface area contributed by atoms with Gasteiger partial charge in [-0.2, -0.15) is 0 Å². The third-order valence-corrected chi connectivity index (χ3v) is 3.77. The van der Waals surface area contributed by atoms with Crippen molar-refractivity contribution in [2.24, 2.45) is 5.84 Å². The van der Waals surface area contributed by atoms with E-state index in [9.17, 15) is 4.39 Å². The van der Waals surface area contributed by atoms with Crippen molar-refractivity contribution in [3.05, 3.63) is 64.4 Å². The van der Waals surface area contributed by atoms with E-state index in [1.165, 1.54) is 6.07 Å². The molecular formula is C16H18ClFN2O. The monoisotopic (exact) mass is 308 g/mol. The topological polar surface area (TPSA) is 47.3 Å². The van der Waals surface area contributed by atoms with E-state index in [1.54, 1.807) is 19.2 Å². The largest absolute Gasteiger partial charge is 0.497 e. The molecule has 0 aromatic heterocycles. The second kappa shape index (κ2) is 7.41. The van der Waals surface area contributed by atoms with Crippen molar-refractivity contribution in [2.45, 2.75) is 18.9 Å². The molecule has 1 unspecified atom stereocenters. The normalized spacial score (nSPS) is 12.2. The molecule has 0 bridgehead atoms. The summed E-state index contributed by atoms with van der Waals surface area (Å²) in [5.74, 6) is 6.00. The number of methoxy groups -OCH3 is 1. The van der Waals surface area contributed by atoms with E-state index in [1.807, 2.05) is 24.3 Å². The zero-order valence-electron chi connectivity index (χ0n) is 11.8. The second-order valence-electron chi connectivity index (χ2n) is 4.84. The Hall–Kier alpha value is -1.62. The Balaban J connectivity index is 2.11. The summed E-state index contributed by atoms with van der Waals surface area (Å²) in [6.45, 7) is 0. The van der Waals surface area contributed by atoms with Crippen molar-refractivity contribution in [1.82, 2.24) is 5.43 Å². The highest BCUT2D eigenvalue weighted by Crippen LogP contribution is 2.22. The van der Waals surface area contributed by atoms with Gasteiger partial charge in [-0.3, -0.25) is 11.3 Å². The lowest BCUT2D eigenvalue weighted by Crippen LogP contribution is -2.38. The first-order valence-corrected chi connectivity index (χ1v) is 7.03. The lowest BCUT2D eigenvalue weighted by molar-refractivity contribution is 0.413. The van der Waals surface area contributed by atoms with Crippen LogP contribution in [0, 0.1) is 5.82 Å². The first-order chi connectivity index (χ1) is 10.1. The number of hydrogen-bond donors (Lipinski definition) is 2. The minimum atomic E-state index is -0.411. The Morgan fingerprint density at radius 3 is 2.71 bits per heavy atom. The van der Waals surface area contributed by atoms with E-state index in [0.29, 0.717) is 12.8 Å². The van der Waals surface area contributed by atoms with Gasteiger partial charge in [-0.25, -0.2) is 4.39 Å². The van der Waals surface area contributed by atoms with E-state index < -0.39 is 5.82 Å². The van der Waals surface area contributed by atoms with Crippen LogP contribution in [0.4, 0.5) is 4.39 Å². The molecule has 2 rings (SSSR count). The van der Waals surface area contributed by atoms with Gasteiger partial charge in [0.15, 0.2) is 0 Å². The minimum Gasteiger partial charge on any atom is -0.497 e. The van der Waals surface area contributed by atoms with Gasteiger partial charge in [0, 0.05) is 6.04 Å². The average molecular weight is 309 g/mol. The molecule has 0 radical (unpaired) electrons. The molecule has 5 heteroatoms. The van der Waals surface area contributed by atoms with Crippen molar-refractivity contribution >= 4 is 11.6 Å². The Kier molecular flexibility index (Phi) is 5.56. The Labute approximate surface area is 128 Å². The number of hydrogen-bond acceptors (Lipinski definition) is 3. The molecule has 0 fully saturated rings. The summed E-state index contributed by atoms with van der Waals surface area (Å²) in [4.78, 5) is 0. The van der Waals surface area contributed by atoms with E-state index in [0.717, 1.165) is 16.9 Å². The van der Waals surface area contributed by atoms with Crippen LogP contribution >= 0.6 is 11.6 Å². The fourth-order valence-corrected chi connectivity index (χ4v) is 2.45. The van der Waals surface area contributed by atoms with Gasteiger partial charge in [0.1, 0.15) is 11.6 Å². The van der Waals surface area contributed by atoms with E-state index >= 15 is 0 Å². The van der Waals surface area contributed by atoms with Gasteiger partial charge < -0.3 is 4.74 Å². The van der Waals surface area contributed by atoms with Crippen LogP contribution < -0.4 is 16.0 Å². The summed E-state index contributed by atoms with van der Waals surface area (Å²) in [6, 6.07) is 12.5. The molecule has 2 aromatic rings. The van der Waals surface area contributed by atoms with Crippen molar-refractivity contribution < 1.29 is 9.13 Å². The average Bonchev–Trinajstić information content (AvgIpc) is 2.51. The smallest absolute Gasteiger partial charge is 0.142 e. The summed E-state index contributed by atoms with van der Waals surface area (Å²) in [7, 11) is 1.63. The van der Waals surface area contributed by atoms with Gasteiger partial charge in [-0.05, 0) is 42.2 Å². The highest BCUT2D eigenvalue weighted by molar-refractivity contribution is 6.31. The Bertz CT molecular complexity index is 607. The van der Waals surface area contributed by atoms with Crippen molar-refractivity contribution in [2.75, 3.05) is 7.11 Å². The maximum Gasteiger partial charge on any atom is 0.142 e. The van der Waals surface area contributed by atoms with Crippen molar-refractivity contribution in [3.63, 3.8) is 0 Å². The molecule has 0 heterocycles. The van der Waals surface area contributed by atoms with Crippen molar-refractivity contribution in [3.8, 4) is 5.75 Å². The Morgan fingerprint density at radius 1 is 1.24 bits per heavy atom. The molecule has 3 nitrogen and oxygen atoms in total. The number of rotatable bonds is 6. The van der Waals surface area contributed by atoms with Crippen LogP contribution in [0.5, 0.6) is 5.75 Å². The predicted octanol–water partition coefficient (Wildman–Crippen LogP) is 3.10. The van der Waals surface area contributed by atoms with E-state index in [-0.39, 0.29) is 11.1 Å². The summed E-state index contributed by atoms with van der Waals surface area (Å²) in [5.41, 5.74) is 4.59. The van der Waals surface area contributed by atoms with Crippen LogP contribution in [0.25, 0.3) is 0 Å². The molecule has 3 N–H and O–H groups in total. The molecule has 2 aromatic carbocycles. The van der Waals surface area contributed by atoms with E-state index in [2.05, 4.69) is 5.43 Å². The number of hydrazine groups is 1. The van der Waals surface area contributed by atoms with Gasteiger partial charge in [-0.15, -0.1) is 0 Å². The SMILES string of the molecule is COc1cccc(CC(Cc2cccc(F)c2Cl)NN)c1. The van der Waals surface area contributed by atoms with Crippen LogP contribution in [0.2, 0.25) is 5.02 Å².